The number of nitrogens with one attached hydrogen (secondary N) is 1. The Kier molecular flexibility index (Phi) is 8.21. The van der Waals surface area contributed by atoms with Gasteiger partial charge in [0.1, 0.15) is 6.61 Å². The highest BCUT2D eigenvalue weighted by atomic mass is 79.9. The standard InChI is InChI=1S/C27H31BrN2O2/c1-2-31-26-19-22(13-14-25(26)32-20-21-9-4-3-5-10-21)27(23-11-6-7-12-24(23)28)30-17-8-15-29-16-18-30/h3-7,9-14,19,27,29H,2,8,15-18,20H2,1H3. The zero-order valence-corrected chi connectivity index (χ0v) is 20.2. The Labute approximate surface area is 199 Å². The summed E-state index contributed by atoms with van der Waals surface area (Å²) in [5.41, 5.74) is 3.63. The summed E-state index contributed by atoms with van der Waals surface area (Å²) in [7, 11) is 0. The number of hydrogen-bond acceptors (Lipinski definition) is 4. The van der Waals surface area contributed by atoms with E-state index in [4.69, 9.17) is 9.47 Å². The van der Waals surface area contributed by atoms with Crippen molar-refractivity contribution in [1.29, 1.82) is 0 Å². The van der Waals surface area contributed by atoms with Crippen LogP contribution in [0.25, 0.3) is 0 Å². The molecule has 1 unspecified atom stereocenters. The fraction of sp³-hybridized carbons (Fsp3) is 0.333. The van der Waals surface area contributed by atoms with Crippen molar-refractivity contribution in [3.8, 4) is 11.5 Å². The second-order valence-electron chi connectivity index (χ2n) is 7.98. The zero-order valence-electron chi connectivity index (χ0n) is 18.6. The van der Waals surface area contributed by atoms with Gasteiger partial charge >= 0.3 is 0 Å². The van der Waals surface area contributed by atoms with E-state index in [9.17, 15) is 0 Å². The Bertz CT molecular complexity index is 988. The molecule has 168 valence electrons. The molecule has 0 radical (unpaired) electrons. The summed E-state index contributed by atoms with van der Waals surface area (Å²) in [6.07, 6.45) is 1.14. The SMILES string of the molecule is CCOc1cc(C(c2ccccc2Br)N2CCCNCC2)ccc1OCc1ccccc1. The van der Waals surface area contributed by atoms with Crippen LogP contribution < -0.4 is 14.8 Å². The van der Waals surface area contributed by atoms with E-state index < -0.39 is 0 Å². The summed E-state index contributed by atoms with van der Waals surface area (Å²) < 4.78 is 13.3. The monoisotopic (exact) mass is 494 g/mol. The molecule has 1 heterocycles. The van der Waals surface area contributed by atoms with Crippen molar-refractivity contribution in [3.05, 3.63) is 94.0 Å². The number of rotatable bonds is 8. The fourth-order valence-electron chi connectivity index (χ4n) is 4.23. The Morgan fingerprint density at radius 3 is 2.53 bits per heavy atom. The lowest BCUT2D eigenvalue weighted by atomic mass is 9.96. The lowest BCUT2D eigenvalue weighted by molar-refractivity contribution is 0.238. The van der Waals surface area contributed by atoms with Crippen molar-refractivity contribution in [2.75, 3.05) is 32.8 Å². The maximum absolute atomic E-state index is 6.15. The highest BCUT2D eigenvalue weighted by Gasteiger charge is 2.26. The summed E-state index contributed by atoms with van der Waals surface area (Å²) >= 11 is 3.80. The normalized spacial score (nSPS) is 15.7. The highest BCUT2D eigenvalue weighted by molar-refractivity contribution is 9.10. The molecule has 4 nitrogen and oxygen atoms in total. The van der Waals surface area contributed by atoms with Crippen molar-refractivity contribution < 1.29 is 9.47 Å². The molecule has 32 heavy (non-hydrogen) atoms. The zero-order chi connectivity index (χ0) is 22.2. The van der Waals surface area contributed by atoms with Crippen LogP contribution >= 0.6 is 15.9 Å². The smallest absolute Gasteiger partial charge is 0.161 e. The first-order chi connectivity index (χ1) is 15.8. The number of nitrogens with zero attached hydrogens (tertiary/aromatic N) is 1. The Morgan fingerprint density at radius 2 is 1.72 bits per heavy atom. The van der Waals surface area contributed by atoms with E-state index in [-0.39, 0.29) is 6.04 Å². The molecule has 1 N–H and O–H groups in total. The van der Waals surface area contributed by atoms with Crippen molar-refractivity contribution in [3.63, 3.8) is 0 Å². The van der Waals surface area contributed by atoms with Crippen LogP contribution in [0.2, 0.25) is 0 Å². The molecule has 5 heteroatoms. The Morgan fingerprint density at radius 1 is 0.906 bits per heavy atom. The van der Waals surface area contributed by atoms with Crippen LogP contribution in [0.15, 0.2) is 77.3 Å². The number of hydrogen-bond donors (Lipinski definition) is 1. The molecule has 1 aliphatic heterocycles. The first-order valence-electron chi connectivity index (χ1n) is 11.4. The molecule has 0 spiro atoms. The van der Waals surface area contributed by atoms with E-state index in [1.165, 1.54) is 11.1 Å². The van der Waals surface area contributed by atoms with Crippen LogP contribution in [-0.4, -0.2) is 37.7 Å². The number of ether oxygens (including phenoxy) is 2. The molecule has 1 aliphatic rings. The van der Waals surface area contributed by atoms with E-state index in [1.54, 1.807) is 0 Å². The average Bonchev–Trinajstić information content (AvgIpc) is 3.10. The maximum Gasteiger partial charge on any atom is 0.161 e. The molecule has 0 aliphatic carbocycles. The first kappa shape index (κ1) is 22.8. The van der Waals surface area contributed by atoms with Crippen molar-refractivity contribution in [2.24, 2.45) is 0 Å². The van der Waals surface area contributed by atoms with Crippen LogP contribution in [0.4, 0.5) is 0 Å². The van der Waals surface area contributed by atoms with Gasteiger partial charge in [-0.05, 0) is 54.8 Å². The van der Waals surface area contributed by atoms with Gasteiger partial charge in [-0.3, -0.25) is 4.90 Å². The largest absolute Gasteiger partial charge is 0.490 e. The summed E-state index contributed by atoms with van der Waals surface area (Å²) in [6.45, 7) is 7.24. The van der Waals surface area contributed by atoms with Gasteiger partial charge in [0.2, 0.25) is 0 Å². The second-order valence-corrected chi connectivity index (χ2v) is 8.83. The van der Waals surface area contributed by atoms with E-state index in [1.807, 2.05) is 25.1 Å². The van der Waals surface area contributed by atoms with Gasteiger partial charge in [0.05, 0.1) is 12.6 Å². The highest BCUT2D eigenvalue weighted by Crippen LogP contribution is 2.38. The quantitative estimate of drug-likeness (QED) is 0.428. The minimum absolute atomic E-state index is 0.146. The van der Waals surface area contributed by atoms with Gasteiger partial charge in [0, 0.05) is 24.1 Å². The van der Waals surface area contributed by atoms with Crippen molar-refractivity contribution in [1.82, 2.24) is 10.2 Å². The van der Waals surface area contributed by atoms with Gasteiger partial charge < -0.3 is 14.8 Å². The first-order valence-corrected chi connectivity index (χ1v) is 12.2. The van der Waals surface area contributed by atoms with Gasteiger partial charge in [-0.25, -0.2) is 0 Å². The van der Waals surface area contributed by atoms with Crippen LogP contribution in [0.5, 0.6) is 11.5 Å². The third kappa shape index (κ3) is 5.71. The van der Waals surface area contributed by atoms with Crippen LogP contribution in [0.3, 0.4) is 0 Å². The third-order valence-electron chi connectivity index (χ3n) is 5.76. The summed E-state index contributed by atoms with van der Waals surface area (Å²) in [5.74, 6) is 1.58. The number of halogens is 1. The van der Waals surface area contributed by atoms with Gasteiger partial charge in [-0.1, -0.05) is 70.5 Å². The summed E-state index contributed by atoms with van der Waals surface area (Å²) in [5, 5.41) is 3.52. The molecule has 1 atom stereocenters. The molecule has 3 aromatic rings. The summed E-state index contributed by atoms with van der Waals surface area (Å²) in [6, 6.07) is 25.3. The van der Waals surface area contributed by atoms with Crippen LogP contribution in [0, 0.1) is 0 Å². The fourth-order valence-corrected chi connectivity index (χ4v) is 4.73. The molecular formula is C27H31BrN2O2. The Hall–Kier alpha value is -2.34. The lowest BCUT2D eigenvalue weighted by Crippen LogP contribution is -2.33. The number of benzene rings is 3. The van der Waals surface area contributed by atoms with Gasteiger partial charge in [0.25, 0.3) is 0 Å². The van der Waals surface area contributed by atoms with Crippen LogP contribution in [0.1, 0.15) is 36.1 Å². The third-order valence-corrected chi connectivity index (χ3v) is 6.48. The average molecular weight is 495 g/mol. The molecule has 0 aromatic heterocycles. The predicted molar refractivity (Wildman–Crippen MR) is 133 cm³/mol. The molecular weight excluding hydrogens is 464 g/mol. The molecule has 1 saturated heterocycles. The molecule has 1 fully saturated rings. The molecule has 0 bridgehead atoms. The molecule has 0 amide bonds. The Balaban J connectivity index is 1.67. The topological polar surface area (TPSA) is 33.7 Å². The van der Waals surface area contributed by atoms with E-state index >= 15 is 0 Å². The van der Waals surface area contributed by atoms with E-state index in [2.05, 4.69) is 80.7 Å². The molecule has 0 saturated carbocycles. The van der Waals surface area contributed by atoms with Gasteiger partial charge in [0.15, 0.2) is 11.5 Å². The minimum atomic E-state index is 0.146. The summed E-state index contributed by atoms with van der Waals surface area (Å²) in [4.78, 5) is 2.57. The molecule has 3 aromatic carbocycles. The van der Waals surface area contributed by atoms with E-state index in [0.29, 0.717) is 13.2 Å². The lowest BCUT2D eigenvalue weighted by Gasteiger charge is -2.32. The van der Waals surface area contributed by atoms with Crippen LogP contribution in [-0.2, 0) is 6.61 Å². The van der Waals surface area contributed by atoms with Gasteiger partial charge in [-0.2, -0.15) is 0 Å². The maximum atomic E-state index is 6.15. The van der Waals surface area contributed by atoms with Gasteiger partial charge in [-0.15, -0.1) is 0 Å². The van der Waals surface area contributed by atoms with Crippen molar-refractivity contribution in [2.45, 2.75) is 26.0 Å². The second kappa shape index (κ2) is 11.5. The minimum Gasteiger partial charge on any atom is -0.490 e. The van der Waals surface area contributed by atoms with Crippen molar-refractivity contribution >= 4 is 15.9 Å². The molecule has 4 rings (SSSR count). The predicted octanol–water partition coefficient (Wildman–Crippen LogP) is 5.81. The van der Waals surface area contributed by atoms with E-state index in [0.717, 1.165) is 54.1 Å².